The number of ether oxygens (including phenoxy) is 1. The van der Waals surface area contributed by atoms with Crippen LogP contribution in [0.4, 0.5) is 0 Å². The van der Waals surface area contributed by atoms with E-state index in [1.807, 2.05) is 0 Å². The molecule has 1 saturated heterocycles. The van der Waals surface area contributed by atoms with Crippen LogP contribution in [0, 0.1) is 11.8 Å². The summed E-state index contributed by atoms with van der Waals surface area (Å²) >= 11 is 0. The molecule has 1 heterocycles. The van der Waals surface area contributed by atoms with Crippen molar-refractivity contribution < 1.29 is 4.74 Å². The van der Waals surface area contributed by atoms with Crippen LogP contribution in [0.15, 0.2) is 0 Å². The molecule has 1 aliphatic rings. The van der Waals surface area contributed by atoms with Gasteiger partial charge in [0.05, 0.1) is 13.2 Å². The van der Waals surface area contributed by atoms with Crippen LogP contribution in [0.25, 0.3) is 0 Å². The van der Waals surface area contributed by atoms with E-state index >= 15 is 0 Å². The molecule has 0 amide bonds. The Hall–Kier alpha value is -0.120. The predicted molar refractivity (Wildman–Crippen MR) is 73.4 cm³/mol. The van der Waals surface area contributed by atoms with Crippen LogP contribution < -0.4 is 0 Å². The van der Waals surface area contributed by atoms with Gasteiger partial charge in [0.15, 0.2) is 0 Å². The lowest BCUT2D eigenvalue weighted by Gasteiger charge is -2.30. The Kier molecular flexibility index (Phi) is 7.09. The number of rotatable bonds is 7. The summed E-state index contributed by atoms with van der Waals surface area (Å²) in [5.41, 5.74) is 0. The Bertz CT molecular complexity index is 191. The summed E-state index contributed by atoms with van der Waals surface area (Å²) in [7, 11) is 2.24. The average molecular weight is 242 g/mol. The highest BCUT2D eigenvalue weighted by Gasteiger charge is 2.14. The molecule has 0 aromatic carbocycles. The molecule has 1 atom stereocenters. The summed E-state index contributed by atoms with van der Waals surface area (Å²) in [6.45, 7) is 14.7. The van der Waals surface area contributed by atoms with Gasteiger partial charge in [-0.2, -0.15) is 0 Å². The van der Waals surface area contributed by atoms with Gasteiger partial charge in [-0.25, -0.2) is 0 Å². The number of hydrogen-bond donors (Lipinski definition) is 0. The fraction of sp³-hybridized carbons (Fsp3) is 1.00. The summed E-state index contributed by atoms with van der Waals surface area (Å²) < 4.78 is 5.37. The second-order valence-electron chi connectivity index (χ2n) is 5.96. The monoisotopic (exact) mass is 242 g/mol. The Labute approximate surface area is 107 Å². The summed E-state index contributed by atoms with van der Waals surface area (Å²) in [4.78, 5) is 5.00. The second-order valence-corrected chi connectivity index (χ2v) is 5.96. The molecule has 1 fully saturated rings. The topological polar surface area (TPSA) is 15.7 Å². The molecule has 3 nitrogen and oxygen atoms in total. The third-order valence-electron chi connectivity index (χ3n) is 3.35. The summed E-state index contributed by atoms with van der Waals surface area (Å²) in [5, 5.41) is 0. The van der Waals surface area contributed by atoms with Gasteiger partial charge in [0.2, 0.25) is 0 Å². The zero-order valence-corrected chi connectivity index (χ0v) is 12.1. The first-order valence-electron chi connectivity index (χ1n) is 7.06. The Morgan fingerprint density at radius 2 is 1.82 bits per heavy atom. The Balaban J connectivity index is 2.09. The SMILES string of the molecule is CC(C)CN(C)CCC(C)CN1CCOCC1. The minimum atomic E-state index is 0.773. The number of morpholine rings is 1. The van der Waals surface area contributed by atoms with Crippen LogP contribution in [0.5, 0.6) is 0 Å². The highest BCUT2D eigenvalue weighted by Crippen LogP contribution is 2.08. The smallest absolute Gasteiger partial charge is 0.0594 e. The van der Waals surface area contributed by atoms with E-state index in [9.17, 15) is 0 Å². The molecule has 1 unspecified atom stereocenters. The van der Waals surface area contributed by atoms with Gasteiger partial charge in [0, 0.05) is 26.2 Å². The molecular weight excluding hydrogens is 212 g/mol. The van der Waals surface area contributed by atoms with Crippen molar-refractivity contribution in [1.29, 1.82) is 0 Å². The molecule has 0 aromatic rings. The third kappa shape index (κ3) is 7.02. The molecule has 3 heteroatoms. The van der Waals surface area contributed by atoms with Crippen molar-refractivity contribution in [2.24, 2.45) is 11.8 Å². The van der Waals surface area contributed by atoms with Crippen molar-refractivity contribution in [1.82, 2.24) is 9.80 Å². The standard InChI is InChI=1S/C14H30N2O/c1-13(2)11-15(4)6-5-14(3)12-16-7-9-17-10-8-16/h13-14H,5-12H2,1-4H3. The Morgan fingerprint density at radius 1 is 1.18 bits per heavy atom. The molecule has 1 rings (SSSR count). The van der Waals surface area contributed by atoms with Gasteiger partial charge in [-0.1, -0.05) is 20.8 Å². The van der Waals surface area contributed by atoms with E-state index in [1.54, 1.807) is 0 Å². The lowest BCUT2D eigenvalue weighted by atomic mass is 10.1. The van der Waals surface area contributed by atoms with E-state index in [0.29, 0.717) is 0 Å². The zero-order chi connectivity index (χ0) is 12.7. The fourth-order valence-corrected chi connectivity index (χ4v) is 2.47. The van der Waals surface area contributed by atoms with E-state index in [4.69, 9.17) is 4.74 Å². The maximum absolute atomic E-state index is 5.37. The van der Waals surface area contributed by atoms with Crippen molar-refractivity contribution >= 4 is 0 Å². The van der Waals surface area contributed by atoms with Crippen molar-refractivity contribution in [2.45, 2.75) is 27.2 Å². The van der Waals surface area contributed by atoms with Gasteiger partial charge in [0.25, 0.3) is 0 Å². The largest absolute Gasteiger partial charge is 0.379 e. The molecule has 0 aromatic heterocycles. The van der Waals surface area contributed by atoms with Crippen LogP contribution >= 0.6 is 0 Å². The van der Waals surface area contributed by atoms with Crippen molar-refractivity contribution in [3.63, 3.8) is 0 Å². The van der Waals surface area contributed by atoms with Crippen LogP contribution in [0.1, 0.15) is 27.2 Å². The van der Waals surface area contributed by atoms with Crippen molar-refractivity contribution in [2.75, 3.05) is 53.0 Å². The molecule has 17 heavy (non-hydrogen) atoms. The van der Waals surface area contributed by atoms with Crippen LogP contribution in [-0.2, 0) is 4.74 Å². The fourth-order valence-electron chi connectivity index (χ4n) is 2.47. The number of nitrogens with zero attached hydrogens (tertiary/aromatic N) is 2. The predicted octanol–water partition coefficient (Wildman–Crippen LogP) is 1.93. The van der Waals surface area contributed by atoms with E-state index < -0.39 is 0 Å². The lowest BCUT2D eigenvalue weighted by Crippen LogP contribution is -2.39. The number of hydrogen-bond acceptors (Lipinski definition) is 3. The molecule has 0 spiro atoms. The maximum Gasteiger partial charge on any atom is 0.0594 e. The Morgan fingerprint density at radius 3 is 2.41 bits per heavy atom. The van der Waals surface area contributed by atoms with Crippen molar-refractivity contribution in [3.05, 3.63) is 0 Å². The molecule has 1 aliphatic heterocycles. The van der Waals surface area contributed by atoms with Gasteiger partial charge in [-0.05, 0) is 31.8 Å². The summed E-state index contributed by atoms with van der Waals surface area (Å²) in [6, 6.07) is 0. The average Bonchev–Trinajstić information content (AvgIpc) is 2.27. The van der Waals surface area contributed by atoms with E-state index in [-0.39, 0.29) is 0 Å². The summed E-state index contributed by atoms with van der Waals surface area (Å²) in [5.74, 6) is 1.57. The molecular formula is C14H30N2O. The third-order valence-corrected chi connectivity index (χ3v) is 3.35. The van der Waals surface area contributed by atoms with Crippen LogP contribution in [-0.4, -0.2) is 62.8 Å². The zero-order valence-electron chi connectivity index (χ0n) is 12.1. The van der Waals surface area contributed by atoms with Gasteiger partial charge in [-0.3, -0.25) is 4.90 Å². The molecule has 102 valence electrons. The van der Waals surface area contributed by atoms with Gasteiger partial charge < -0.3 is 9.64 Å². The molecule has 0 radical (unpaired) electrons. The van der Waals surface area contributed by atoms with Crippen molar-refractivity contribution in [3.8, 4) is 0 Å². The highest BCUT2D eigenvalue weighted by atomic mass is 16.5. The first kappa shape index (κ1) is 14.9. The van der Waals surface area contributed by atoms with E-state index in [0.717, 1.165) is 38.1 Å². The van der Waals surface area contributed by atoms with Gasteiger partial charge >= 0.3 is 0 Å². The van der Waals surface area contributed by atoms with Gasteiger partial charge in [0.1, 0.15) is 0 Å². The normalized spacial score (nSPS) is 20.1. The lowest BCUT2D eigenvalue weighted by molar-refractivity contribution is 0.0307. The van der Waals surface area contributed by atoms with E-state index in [1.165, 1.54) is 26.1 Å². The first-order valence-corrected chi connectivity index (χ1v) is 7.06. The van der Waals surface area contributed by atoms with Gasteiger partial charge in [-0.15, -0.1) is 0 Å². The minimum Gasteiger partial charge on any atom is -0.379 e. The quantitative estimate of drug-likeness (QED) is 0.678. The molecule has 0 bridgehead atoms. The molecule has 0 N–H and O–H groups in total. The maximum atomic E-state index is 5.37. The summed E-state index contributed by atoms with van der Waals surface area (Å²) in [6.07, 6.45) is 1.31. The van der Waals surface area contributed by atoms with Crippen LogP contribution in [0.3, 0.4) is 0 Å². The molecule has 0 saturated carbocycles. The molecule has 0 aliphatic carbocycles. The van der Waals surface area contributed by atoms with E-state index in [2.05, 4.69) is 37.6 Å². The first-order chi connectivity index (χ1) is 8.08. The second kappa shape index (κ2) is 8.06. The van der Waals surface area contributed by atoms with Crippen LogP contribution in [0.2, 0.25) is 0 Å². The highest BCUT2D eigenvalue weighted by molar-refractivity contribution is 4.67. The minimum absolute atomic E-state index is 0.773.